The van der Waals surface area contributed by atoms with Gasteiger partial charge < -0.3 is 9.84 Å². The number of benzene rings is 1. The van der Waals surface area contributed by atoms with Gasteiger partial charge >= 0.3 is 5.97 Å². The average Bonchev–Trinajstić information content (AvgIpc) is 2.37. The summed E-state index contributed by atoms with van der Waals surface area (Å²) in [4.78, 5) is 18.9. The highest BCUT2D eigenvalue weighted by Gasteiger charge is 2.06. The maximum absolute atomic E-state index is 10.4. The van der Waals surface area contributed by atoms with E-state index in [1.165, 1.54) is 0 Å². The molecule has 0 aliphatic carbocycles. The van der Waals surface area contributed by atoms with Gasteiger partial charge in [0.05, 0.1) is 0 Å². The third kappa shape index (κ3) is 3.04. The Morgan fingerprint density at radius 2 is 2.00 bits per heavy atom. The summed E-state index contributed by atoms with van der Waals surface area (Å²) in [7, 11) is 0. The van der Waals surface area contributed by atoms with E-state index >= 15 is 0 Å². The number of carbonyl (C=O) groups is 1. The Morgan fingerprint density at radius 1 is 1.28 bits per heavy atom. The minimum absolute atomic E-state index is 0.267. The third-order valence-electron chi connectivity index (χ3n) is 2.21. The molecule has 0 aliphatic heterocycles. The second kappa shape index (κ2) is 5.27. The zero-order chi connectivity index (χ0) is 13.0. The van der Waals surface area contributed by atoms with E-state index in [-0.39, 0.29) is 5.88 Å². The molecule has 1 heterocycles. The van der Waals surface area contributed by atoms with E-state index in [1.807, 2.05) is 37.3 Å². The quantitative estimate of drug-likeness (QED) is 0.889. The van der Waals surface area contributed by atoms with Gasteiger partial charge in [-0.3, -0.25) is 0 Å². The summed E-state index contributed by atoms with van der Waals surface area (Å²) in [6.45, 7) is 1.40. The number of nitrogens with zero attached hydrogens (tertiary/aromatic N) is 2. The van der Waals surface area contributed by atoms with Crippen molar-refractivity contribution in [3.05, 3.63) is 42.1 Å². The molecule has 1 N–H and O–H groups in total. The molecule has 0 saturated heterocycles. The highest BCUT2D eigenvalue weighted by Crippen LogP contribution is 2.18. The van der Waals surface area contributed by atoms with Crippen molar-refractivity contribution in [2.24, 2.45) is 0 Å². The fraction of sp³-hybridized carbons (Fsp3) is 0.154. The molecule has 18 heavy (non-hydrogen) atoms. The van der Waals surface area contributed by atoms with Crippen LogP contribution in [0.3, 0.4) is 0 Å². The minimum Gasteiger partial charge on any atom is -0.479 e. The van der Waals surface area contributed by atoms with Crippen LogP contribution < -0.4 is 4.74 Å². The average molecular weight is 244 g/mol. The third-order valence-corrected chi connectivity index (χ3v) is 2.21. The van der Waals surface area contributed by atoms with Crippen LogP contribution in [0.1, 0.15) is 5.69 Å². The zero-order valence-corrected chi connectivity index (χ0v) is 9.83. The standard InChI is InChI=1S/C13H12N2O3/c1-9-7-11(18-8-12(16)17)15-13(14-9)10-5-3-2-4-6-10/h2-7H,8H2,1H3,(H,16,17). The number of carboxylic acid groups (broad SMARTS) is 1. The molecule has 0 amide bonds. The summed E-state index contributed by atoms with van der Waals surface area (Å²) < 4.78 is 5.06. The van der Waals surface area contributed by atoms with Crippen molar-refractivity contribution in [1.29, 1.82) is 0 Å². The molecule has 0 saturated carbocycles. The van der Waals surface area contributed by atoms with Crippen LogP contribution in [0.25, 0.3) is 11.4 Å². The number of aliphatic carboxylic acids is 1. The molecule has 0 bridgehead atoms. The number of carboxylic acids is 1. The van der Waals surface area contributed by atoms with E-state index in [2.05, 4.69) is 9.97 Å². The van der Waals surface area contributed by atoms with Crippen LogP contribution in [0.5, 0.6) is 5.88 Å². The molecular formula is C13H12N2O3. The van der Waals surface area contributed by atoms with Crippen molar-refractivity contribution in [2.45, 2.75) is 6.92 Å². The van der Waals surface area contributed by atoms with Crippen molar-refractivity contribution >= 4 is 5.97 Å². The molecule has 0 unspecified atom stereocenters. The minimum atomic E-state index is -1.03. The summed E-state index contributed by atoms with van der Waals surface area (Å²) in [5, 5.41) is 8.56. The molecular weight excluding hydrogens is 232 g/mol. The van der Waals surface area contributed by atoms with Gasteiger partial charge in [0.1, 0.15) is 0 Å². The maximum Gasteiger partial charge on any atom is 0.341 e. The zero-order valence-electron chi connectivity index (χ0n) is 9.83. The maximum atomic E-state index is 10.4. The SMILES string of the molecule is Cc1cc(OCC(=O)O)nc(-c2ccccc2)n1. The fourth-order valence-corrected chi connectivity index (χ4v) is 1.47. The molecule has 2 aromatic rings. The predicted molar refractivity (Wildman–Crippen MR) is 65.3 cm³/mol. The number of hydrogen-bond donors (Lipinski definition) is 1. The summed E-state index contributed by atoms with van der Waals surface area (Å²) in [5.74, 6) is -0.243. The smallest absolute Gasteiger partial charge is 0.341 e. The van der Waals surface area contributed by atoms with Crippen LogP contribution in [-0.4, -0.2) is 27.7 Å². The van der Waals surface area contributed by atoms with Gasteiger partial charge in [-0.15, -0.1) is 0 Å². The van der Waals surface area contributed by atoms with Crippen LogP contribution in [0.2, 0.25) is 0 Å². The van der Waals surface area contributed by atoms with Crippen LogP contribution in [0, 0.1) is 6.92 Å². The number of rotatable bonds is 4. The second-order valence-corrected chi connectivity index (χ2v) is 3.72. The molecule has 5 nitrogen and oxygen atoms in total. The molecule has 0 aliphatic rings. The number of aryl methyl sites for hydroxylation is 1. The van der Waals surface area contributed by atoms with Crippen LogP contribution in [0.4, 0.5) is 0 Å². The molecule has 0 atom stereocenters. The molecule has 0 radical (unpaired) electrons. The Bertz CT molecular complexity index is 555. The Morgan fingerprint density at radius 3 is 2.67 bits per heavy atom. The van der Waals surface area contributed by atoms with Crippen molar-refractivity contribution in [3.63, 3.8) is 0 Å². The Kier molecular flexibility index (Phi) is 3.52. The van der Waals surface area contributed by atoms with Crippen LogP contribution >= 0.6 is 0 Å². The van der Waals surface area contributed by atoms with Gasteiger partial charge in [0.25, 0.3) is 0 Å². The second-order valence-electron chi connectivity index (χ2n) is 3.72. The van der Waals surface area contributed by atoms with E-state index in [0.717, 1.165) is 11.3 Å². The first-order valence-corrected chi connectivity index (χ1v) is 5.41. The molecule has 2 rings (SSSR count). The highest BCUT2D eigenvalue weighted by molar-refractivity contribution is 5.68. The van der Waals surface area contributed by atoms with Crippen molar-refractivity contribution in [1.82, 2.24) is 9.97 Å². The molecule has 5 heteroatoms. The van der Waals surface area contributed by atoms with E-state index in [1.54, 1.807) is 6.07 Å². The largest absolute Gasteiger partial charge is 0.479 e. The lowest BCUT2D eigenvalue weighted by atomic mass is 10.2. The van der Waals surface area contributed by atoms with Gasteiger partial charge in [0.2, 0.25) is 5.88 Å². The lowest BCUT2D eigenvalue weighted by molar-refractivity contribution is -0.139. The van der Waals surface area contributed by atoms with E-state index < -0.39 is 12.6 Å². The molecule has 0 fully saturated rings. The summed E-state index contributed by atoms with van der Waals surface area (Å²) in [6.07, 6.45) is 0. The number of ether oxygens (including phenoxy) is 1. The topological polar surface area (TPSA) is 72.3 Å². The first kappa shape index (κ1) is 12.0. The van der Waals surface area contributed by atoms with Crippen molar-refractivity contribution in [2.75, 3.05) is 6.61 Å². The first-order valence-electron chi connectivity index (χ1n) is 5.41. The molecule has 1 aromatic heterocycles. The monoisotopic (exact) mass is 244 g/mol. The van der Waals surface area contributed by atoms with Crippen LogP contribution in [-0.2, 0) is 4.79 Å². The van der Waals surface area contributed by atoms with Crippen molar-refractivity contribution < 1.29 is 14.6 Å². The lowest BCUT2D eigenvalue weighted by Crippen LogP contribution is -2.11. The fourth-order valence-electron chi connectivity index (χ4n) is 1.47. The Balaban J connectivity index is 2.29. The van der Waals surface area contributed by atoms with Gasteiger partial charge in [0.15, 0.2) is 12.4 Å². The Labute approximate surface area is 104 Å². The molecule has 0 spiro atoms. The van der Waals surface area contributed by atoms with E-state index in [4.69, 9.17) is 9.84 Å². The van der Waals surface area contributed by atoms with Gasteiger partial charge in [0, 0.05) is 17.3 Å². The first-order chi connectivity index (χ1) is 8.65. The summed E-state index contributed by atoms with van der Waals surface area (Å²) >= 11 is 0. The van der Waals surface area contributed by atoms with Crippen molar-refractivity contribution in [3.8, 4) is 17.3 Å². The van der Waals surface area contributed by atoms with Gasteiger partial charge in [-0.25, -0.2) is 9.78 Å². The van der Waals surface area contributed by atoms with Gasteiger partial charge in [-0.1, -0.05) is 30.3 Å². The normalized spacial score (nSPS) is 10.1. The van der Waals surface area contributed by atoms with Gasteiger partial charge in [-0.2, -0.15) is 4.98 Å². The van der Waals surface area contributed by atoms with E-state index in [9.17, 15) is 4.79 Å². The van der Waals surface area contributed by atoms with E-state index in [0.29, 0.717) is 5.82 Å². The predicted octanol–water partition coefficient (Wildman–Crippen LogP) is 1.92. The highest BCUT2D eigenvalue weighted by atomic mass is 16.5. The summed E-state index contributed by atoms with van der Waals surface area (Å²) in [6, 6.07) is 11.1. The molecule has 1 aromatic carbocycles. The number of aromatic nitrogens is 2. The number of hydrogen-bond acceptors (Lipinski definition) is 4. The molecule has 92 valence electrons. The lowest BCUT2D eigenvalue weighted by Gasteiger charge is -2.06. The summed E-state index contributed by atoms with van der Waals surface area (Å²) in [5.41, 5.74) is 1.59. The Hall–Kier alpha value is -2.43. The van der Waals surface area contributed by atoms with Crippen LogP contribution in [0.15, 0.2) is 36.4 Å². The van der Waals surface area contributed by atoms with Gasteiger partial charge in [-0.05, 0) is 6.92 Å².